The van der Waals surface area contributed by atoms with Gasteiger partial charge in [0.25, 0.3) is 0 Å². The second kappa shape index (κ2) is 35.2. The summed E-state index contributed by atoms with van der Waals surface area (Å²) >= 11 is 6.16. The smallest absolute Gasteiger partial charge is 0.343 e. The molecule has 1 aromatic carbocycles. The molecule has 6 fully saturated rings. The lowest BCUT2D eigenvalue weighted by molar-refractivity contribution is -0.160. The molecule has 9 atom stereocenters. The van der Waals surface area contributed by atoms with E-state index in [9.17, 15) is 46.7 Å². The third kappa shape index (κ3) is 19.2. The number of halogens is 4. The molecule has 4 saturated heterocycles. The minimum absolute atomic E-state index is 0.0249. The Bertz CT molecular complexity index is 3140. The zero-order valence-electron chi connectivity index (χ0n) is 60.9. The molecule has 4 aliphatic heterocycles. The molecule has 3 N–H and O–H groups in total. The molecule has 1 spiro atoms. The first-order valence-corrected chi connectivity index (χ1v) is 36.8. The molecule has 6 aliphatic rings. The van der Waals surface area contributed by atoms with E-state index in [0.29, 0.717) is 63.6 Å². The van der Waals surface area contributed by atoms with Gasteiger partial charge >= 0.3 is 6.18 Å². The number of hydrogen-bond donors (Lipinski definition) is 3. The number of likely N-dealkylation sites (N-methyl/N-ethyl adjacent to an activating group) is 6. The van der Waals surface area contributed by atoms with Gasteiger partial charge in [0, 0.05) is 68.5 Å². The topological polar surface area (TPSA) is 270 Å². The van der Waals surface area contributed by atoms with E-state index < -0.39 is 166 Å². The van der Waals surface area contributed by atoms with Gasteiger partial charge in [-0.3, -0.25) is 57.5 Å². The maximum atomic E-state index is 15.4. The third-order valence-corrected chi connectivity index (χ3v) is 22.2. The van der Waals surface area contributed by atoms with E-state index in [1.165, 1.54) is 89.6 Å². The molecule has 7 rings (SSSR count). The van der Waals surface area contributed by atoms with E-state index in [2.05, 4.69) is 16.0 Å². The van der Waals surface area contributed by atoms with Crippen LogP contribution in [0.2, 0.25) is 5.02 Å². The van der Waals surface area contributed by atoms with Gasteiger partial charge in [-0.2, -0.15) is 13.2 Å². The van der Waals surface area contributed by atoms with Gasteiger partial charge in [0.2, 0.25) is 70.9 Å². The van der Waals surface area contributed by atoms with Crippen molar-refractivity contribution < 1.29 is 70.7 Å². The maximum Gasteiger partial charge on any atom is 0.417 e. The van der Waals surface area contributed by atoms with E-state index in [0.717, 1.165) is 55.6 Å². The van der Waals surface area contributed by atoms with Crippen LogP contribution >= 0.6 is 11.6 Å². The van der Waals surface area contributed by atoms with Crippen molar-refractivity contribution in [2.75, 3.05) is 75.0 Å². The van der Waals surface area contributed by atoms with Crippen LogP contribution < -0.4 is 16.0 Å². The summed E-state index contributed by atoms with van der Waals surface area (Å²) in [6.07, 6.45) is 4.69. The third-order valence-electron chi connectivity index (χ3n) is 21.9. The van der Waals surface area contributed by atoms with Crippen molar-refractivity contribution in [1.29, 1.82) is 0 Å². The van der Waals surface area contributed by atoms with Crippen molar-refractivity contribution in [3.63, 3.8) is 0 Å². The summed E-state index contributed by atoms with van der Waals surface area (Å²) in [6.45, 7) is 11.0. The monoisotopic (exact) mass is 1430 g/mol. The van der Waals surface area contributed by atoms with E-state index in [1.54, 1.807) is 18.7 Å². The predicted molar refractivity (Wildman–Crippen MR) is 369 cm³/mol. The molecule has 0 aromatic heterocycles. The van der Waals surface area contributed by atoms with Crippen molar-refractivity contribution in [3.05, 3.63) is 34.3 Å². The SMILES string of the molecule is CCCC[C@@H]1NC(=O)[C@H](CC(C)C)N(C)C(=O)C[C@@H](C(=O)N2CCCCC2)N(C)C(=O)[C@H](C(C)C)N(C)C(=O)C2(CCCC2)NC(=O)[C@@H]2CCCN2C(=O)[C@H](CCc2ccc(C(F)(F)F)c(Cl)c2)NC(=O)CN(C)C(=O)[C@H](CC2CCCCC2)N(C)C(=O)[C@@H]2CCN2C(=O)[C@H](C)N(C)C1=O. The van der Waals surface area contributed by atoms with Gasteiger partial charge < -0.3 is 60.0 Å². The van der Waals surface area contributed by atoms with Gasteiger partial charge in [0.05, 0.1) is 23.6 Å². The largest absolute Gasteiger partial charge is 0.417 e. The van der Waals surface area contributed by atoms with Gasteiger partial charge in [-0.05, 0) is 126 Å². The van der Waals surface area contributed by atoms with Crippen molar-refractivity contribution in [2.45, 2.75) is 255 Å². The van der Waals surface area contributed by atoms with Crippen LogP contribution in [0.3, 0.4) is 0 Å². The molecule has 28 heteroatoms. The van der Waals surface area contributed by atoms with Gasteiger partial charge in [-0.25, -0.2) is 0 Å². The quantitative estimate of drug-likeness (QED) is 0.212. The van der Waals surface area contributed by atoms with Crippen molar-refractivity contribution >= 4 is 82.5 Å². The van der Waals surface area contributed by atoms with Crippen LogP contribution in [0.15, 0.2) is 18.2 Å². The van der Waals surface area contributed by atoms with Gasteiger partial charge in [-0.1, -0.05) is 110 Å². The number of piperidine rings is 1. The zero-order chi connectivity index (χ0) is 73.8. The number of fused-ring (bicyclic) bond motifs is 2. The summed E-state index contributed by atoms with van der Waals surface area (Å²) < 4.78 is 41.6. The average Bonchev–Trinajstić information content (AvgIpc) is 1.28. The van der Waals surface area contributed by atoms with Crippen LogP contribution in [0.5, 0.6) is 0 Å². The Morgan fingerprint density at radius 1 is 0.630 bits per heavy atom. The second-order valence-electron chi connectivity index (χ2n) is 29.8. The number of aryl methyl sites for hydroxylation is 1. The number of nitrogens with zero attached hydrogens (tertiary/aromatic N) is 9. The van der Waals surface area contributed by atoms with Crippen molar-refractivity contribution in [3.8, 4) is 0 Å². The number of carbonyl (C=O) groups excluding carboxylic acids is 12. The number of likely N-dealkylation sites (tertiary alicyclic amines) is 1. The highest BCUT2D eigenvalue weighted by Crippen LogP contribution is 2.38. The Labute approximate surface area is 593 Å². The molecule has 1 aromatic rings. The minimum atomic E-state index is -4.76. The van der Waals surface area contributed by atoms with Crippen LogP contribution in [0.1, 0.15) is 194 Å². The fourth-order valence-electron chi connectivity index (χ4n) is 15.5. The highest BCUT2D eigenvalue weighted by molar-refractivity contribution is 6.31. The normalized spacial score (nSPS) is 27.5. The van der Waals surface area contributed by atoms with Gasteiger partial charge in [-0.15, -0.1) is 0 Å². The summed E-state index contributed by atoms with van der Waals surface area (Å²) in [7, 11) is 8.62. The number of rotatable bonds is 12. The molecular weight excluding hydrogens is 1320 g/mol. The van der Waals surface area contributed by atoms with Crippen molar-refractivity contribution in [2.24, 2.45) is 17.8 Å². The van der Waals surface area contributed by atoms with E-state index in [-0.39, 0.29) is 82.7 Å². The van der Waals surface area contributed by atoms with Gasteiger partial charge in [0.15, 0.2) is 0 Å². The molecule has 4 heterocycles. The number of carbonyl (C=O) groups is 12. The zero-order valence-corrected chi connectivity index (χ0v) is 61.7. The molecule has 12 amide bonds. The van der Waals surface area contributed by atoms with Crippen LogP contribution in [-0.2, 0) is 70.1 Å². The Morgan fingerprint density at radius 2 is 1.26 bits per heavy atom. The molecular formula is C72H110ClF3N12O12. The molecule has 558 valence electrons. The average molecular weight is 1430 g/mol. The van der Waals surface area contributed by atoms with Crippen LogP contribution in [-0.4, -0.2) is 250 Å². The number of benzene rings is 1. The highest BCUT2D eigenvalue weighted by Gasteiger charge is 2.51. The summed E-state index contributed by atoms with van der Waals surface area (Å²) in [5, 5.41) is 8.15. The summed E-state index contributed by atoms with van der Waals surface area (Å²) in [6, 6.07) is -7.76. The molecule has 24 nitrogen and oxygen atoms in total. The first-order chi connectivity index (χ1) is 47.1. The standard InChI is InChI=1S/C72H110ClF3N12O12/c1-13-14-26-51-64(94)81(8)46(6)63(93)88-38-32-54(88)67(97)83(10)56(41-47-24-17-15-18-25-47)66(96)80(7)43-58(89)77-52(31-29-48-28-30-49(50(73)40-48)72(74,75)76)65(95)87-37-23-27-53(87)62(92)79-71(33-19-20-34-71)70(100)85(12)60(45(4)5)69(99)84(11)57(68(98)86-35-21-16-22-36-86)42-59(90)82(9)55(39-44(2)3)61(91)78-51/h28,30,40,44-47,51-57,60H,13-27,29,31-39,41-43H2,1-12H3,(H,77,89)(H,78,91)(H,79,92)/t46-,51-,52-,53-,54-,55-,56-,57-,60-/m0/s1. The number of nitrogens with one attached hydrogen (secondary N) is 3. The summed E-state index contributed by atoms with van der Waals surface area (Å²) in [4.78, 5) is 191. The first-order valence-electron chi connectivity index (χ1n) is 36.4. The number of unbranched alkanes of at least 4 members (excludes halogenated alkanes) is 1. The summed E-state index contributed by atoms with van der Waals surface area (Å²) in [5.41, 5.74) is -2.35. The molecule has 0 bridgehead atoms. The van der Waals surface area contributed by atoms with E-state index in [4.69, 9.17) is 11.6 Å². The Balaban J connectivity index is 1.28. The van der Waals surface area contributed by atoms with Crippen LogP contribution in [0, 0.1) is 17.8 Å². The molecule has 100 heavy (non-hydrogen) atoms. The second-order valence-corrected chi connectivity index (χ2v) is 30.2. The predicted octanol–water partition coefficient (Wildman–Crippen LogP) is 6.17. The van der Waals surface area contributed by atoms with Crippen molar-refractivity contribution in [1.82, 2.24) is 60.0 Å². The summed E-state index contributed by atoms with van der Waals surface area (Å²) in [5.74, 6) is -8.33. The van der Waals surface area contributed by atoms with Gasteiger partial charge in [0.1, 0.15) is 59.9 Å². The Morgan fingerprint density at radius 3 is 1.85 bits per heavy atom. The Kier molecular flexibility index (Phi) is 28.3. The fourth-order valence-corrected chi connectivity index (χ4v) is 15.8. The van der Waals surface area contributed by atoms with Crippen LogP contribution in [0.25, 0.3) is 0 Å². The lowest BCUT2D eigenvalue weighted by atomic mass is 9.84. The van der Waals surface area contributed by atoms with Crippen LogP contribution in [0.4, 0.5) is 13.2 Å². The lowest BCUT2D eigenvalue weighted by Crippen LogP contribution is -2.65. The first kappa shape index (κ1) is 80.3. The minimum Gasteiger partial charge on any atom is -0.343 e. The number of hydrogen-bond acceptors (Lipinski definition) is 12. The van der Waals surface area contributed by atoms with E-state index >= 15 is 24.0 Å². The number of amides is 12. The lowest BCUT2D eigenvalue weighted by Gasteiger charge is -2.45. The molecule has 2 aliphatic carbocycles. The Hall–Kier alpha value is -7.06. The molecule has 0 radical (unpaired) electrons. The fraction of sp³-hybridized carbons (Fsp3) is 0.750. The van der Waals surface area contributed by atoms with E-state index in [1.807, 2.05) is 20.8 Å². The molecule has 2 saturated carbocycles. The molecule has 0 unspecified atom stereocenters. The number of alkyl halides is 3. The maximum absolute atomic E-state index is 15.4. The highest BCUT2D eigenvalue weighted by atomic mass is 35.5.